The largest absolute Gasteiger partial charge is 0.371 e. The normalized spacial score (nSPS) is 23.6. The van der Waals surface area contributed by atoms with Gasteiger partial charge in [0, 0.05) is 25.3 Å². The highest BCUT2D eigenvalue weighted by atomic mass is 16.5. The van der Waals surface area contributed by atoms with E-state index >= 15 is 0 Å². The Bertz CT molecular complexity index is 464. The van der Waals surface area contributed by atoms with Crippen LogP contribution in [0.5, 0.6) is 0 Å². The highest BCUT2D eigenvalue weighted by molar-refractivity contribution is 5.92. The lowest BCUT2D eigenvalue weighted by molar-refractivity contribution is -0.121. The number of benzene rings is 1. The Balaban J connectivity index is 1.89. The Morgan fingerprint density at radius 1 is 1.45 bits per heavy atom. The van der Waals surface area contributed by atoms with E-state index in [4.69, 9.17) is 10.5 Å². The number of nitrogens with two attached hydrogens (primary N) is 1. The summed E-state index contributed by atoms with van der Waals surface area (Å²) in [6.45, 7) is 6.32. The van der Waals surface area contributed by atoms with E-state index in [1.165, 1.54) is 0 Å². The molecular formula is C15H23N3O2. The van der Waals surface area contributed by atoms with Crippen molar-refractivity contribution in [3.63, 3.8) is 0 Å². The van der Waals surface area contributed by atoms with Crippen LogP contribution in [-0.2, 0) is 9.53 Å². The molecule has 2 unspecified atom stereocenters. The predicted octanol–water partition coefficient (Wildman–Crippen LogP) is 0.982. The summed E-state index contributed by atoms with van der Waals surface area (Å²) in [5.41, 5.74) is 7.59. The fraction of sp³-hybridized carbons (Fsp3) is 0.533. The molecule has 1 aliphatic heterocycles. The zero-order chi connectivity index (χ0) is 14.5. The van der Waals surface area contributed by atoms with Gasteiger partial charge in [-0.2, -0.15) is 0 Å². The number of morpholine rings is 1. The van der Waals surface area contributed by atoms with Crippen LogP contribution in [0, 0.1) is 6.92 Å². The molecule has 1 aromatic carbocycles. The van der Waals surface area contributed by atoms with E-state index in [0.717, 1.165) is 17.8 Å². The second-order valence-corrected chi connectivity index (χ2v) is 5.36. The molecule has 0 aromatic heterocycles. The summed E-state index contributed by atoms with van der Waals surface area (Å²) in [4.78, 5) is 14.2. The van der Waals surface area contributed by atoms with Crippen LogP contribution in [0.15, 0.2) is 24.3 Å². The maximum absolute atomic E-state index is 12.1. The van der Waals surface area contributed by atoms with Gasteiger partial charge in [0.05, 0.1) is 18.8 Å². The van der Waals surface area contributed by atoms with E-state index in [1.807, 2.05) is 38.1 Å². The smallest absolute Gasteiger partial charge is 0.238 e. The molecule has 110 valence electrons. The lowest BCUT2D eigenvalue weighted by atomic mass is 10.2. The second-order valence-electron chi connectivity index (χ2n) is 5.36. The Kier molecular flexibility index (Phi) is 5.11. The van der Waals surface area contributed by atoms with Crippen LogP contribution in [0.1, 0.15) is 12.5 Å². The lowest BCUT2D eigenvalue weighted by Gasteiger charge is -2.35. The van der Waals surface area contributed by atoms with Gasteiger partial charge in [-0.05, 0) is 25.5 Å². The van der Waals surface area contributed by atoms with E-state index in [1.54, 1.807) is 0 Å². The van der Waals surface area contributed by atoms with Gasteiger partial charge in [-0.3, -0.25) is 9.69 Å². The van der Waals surface area contributed by atoms with Gasteiger partial charge in [0.15, 0.2) is 0 Å². The highest BCUT2D eigenvalue weighted by Crippen LogP contribution is 2.14. The van der Waals surface area contributed by atoms with Crippen molar-refractivity contribution in [1.82, 2.24) is 4.90 Å². The maximum Gasteiger partial charge on any atom is 0.238 e. The molecule has 5 nitrogen and oxygen atoms in total. The number of anilines is 1. The van der Waals surface area contributed by atoms with Gasteiger partial charge in [0.25, 0.3) is 0 Å². The SMILES string of the molecule is Cc1ccccc1NC(=O)CN1CC(C)OC(CN)C1. The molecule has 0 radical (unpaired) electrons. The lowest BCUT2D eigenvalue weighted by Crippen LogP contribution is -2.51. The number of amides is 1. The number of ether oxygens (including phenoxy) is 1. The van der Waals surface area contributed by atoms with E-state index in [0.29, 0.717) is 19.6 Å². The fourth-order valence-corrected chi connectivity index (χ4v) is 2.51. The van der Waals surface area contributed by atoms with Crippen molar-refractivity contribution in [3.05, 3.63) is 29.8 Å². The number of carbonyl (C=O) groups excluding carboxylic acids is 1. The molecule has 0 bridgehead atoms. The zero-order valence-electron chi connectivity index (χ0n) is 12.1. The number of nitrogens with one attached hydrogen (secondary N) is 1. The van der Waals surface area contributed by atoms with Gasteiger partial charge < -0.3 is 15.8 Å². The van der Waals surface area contributed by atoms with Gasteiger partial charge in [-0.1, -0.05) is 18.2 Å². The van der Waals surface area contributed by atoms with Gasteiger partial charge >= 0.3 is 0 Å². The second kappa shape index (κ2) is 6.83. The van der Waals surface area contributed by atoms with Crippen LogP contribution in [0.4, 0.5) is 5.69 Å². The monoisotopic (exact) mass is 277 g/mol. The fourth-order valence-electron chi connectivity index (χ4n) is 2.51. The number of hydrogen-bond acceptors (Lipinski definition) is 4. The zero-order valence-corrected chi connectivity index (χ0v) is 12.1. The number of hydrogen-bond donors (Lipinski definition) is 2. The Hall–Kier alpha value is -1.43. The average molecular weight is 277 g/mol. The van der Waals surface area contributed by atoms with Crippen molar-refractivity contribution in [3.8, 4) is 0 Å². The number of nitrogens with zero attached hydrogens (tertiary/aromatic N) is 1. The molecular weight excluding hydrogens is 254 g/mol. The Morgan fingerprint density at radius 2 is 2.20 bits per heavy atom. The molecule has 2 atom stereocenters. The van der Waals surface area contributed by atoms with Crippen molar-refractivity contribution < 1.29 is 9.53 Å². The molecule has 1 fully saturated rings. The van der Waals surface area contributed by atoms with Crippen LogP contribution in [-0.4, -0.2) is 49.2 Å². The minimum absolute atomic E-state index is 0.00386. The predicted molar refractivity (Wildman–Crippen MR) is 79.6 cm³/mol. The van der Waals surface area contributed by atoms with Gasteiger partial charge in [-0.15, -0.1) is 0 Å². The standard InChI is InChI=1S/C15H23N3O2/c1-11-5-3-4-6-14(11)17-15(19)10-18-8-12(2)20-13(7-16)9-18/h3-6,12-13H,7-10,16H2,1-2H3,(H,17,19). The third-order valence-electron chi connectivity index (χ3n) is 3.45. The number of rotatable bonds is 4. The minimum atomic E-state index is 0.00386. The van der Waals surface area contributed by atoms with Crippen molar-refractivity contribution >= 4 is 11.6 Å². The summed E-state index contributed by atoms with van der Waals surface area (Å²) in [7, 11) is 0. The number of aryl methyl sites for hydroxylation is 1. The van der Waals surface area contributed by atoms with E-state index in [9.17, 15) is 4.79 Å². The van der Waals surface area contributed by atoms with Gasteiger partial charge in [0.2, 0.25) is 5.91 Å². The quantitative estimate of drug-likeness (QED) is 0.861. The van der Waals surface area contributed by atoms with Crippen LogP contribution in [0.25, 0.3) is 0 Å². The molecule has 0 aliphatic carbocycles. The number of para-hydroxylation sites is 1. The Morgan fingerprint density at radius 3 is 2.90 bits per heavy atom. The highest BCUT2D eigenvalue weighted by Gasteiger charge is 2.25. The molecule has 1 aliphatic rings. The molecule has 3 N–H and O–H groups in total. The van der Waals surface area contributed by atoms with Gasteiger partial charge in [-0.25, -0.2) is 0 Å². The van der Waals surface area contributed by atoms with E-state index < -0.39 is 0 Å². The summed E-state index contributed by atoms with van der Waals surface area (Å²) >= 11 is 0. The van der Waals surface area contributed by atoms with Crippen LogP contribution in [0.3, 0.4) is 0 Å². The molecule has 1 saturated heterocycles. The average Bonchev–Trinajstić information content (AvgIpc) is 2.40. The van der Waals surface area contributed by atoms with Crippen molar-refractivity contribution in [2.75, 3.05) is 31.5 Å². The molecule has 2 rings (SSSR count). The van der Waals surface area contributed by atoms with E-state index in [-0.39, 0.29) is 18.1 Å². The molecule has 1 amide bonds. The van der Waals surface area contributed by atoms with Crippen LogP contribution in [0.2, 0.25) is 0 Å². The first-order chi connectivity index (χ1) is 9.58. The van der Waals surface area contributed by atoms with Crippen molar-refractivity contribution in [2.45, 2.75) is 26.1 Å². The molecule has 20 heavy (non-hydrogen) atoms. The van der Waals surface area contributed by atoms with Crippen LogP contribution < -0.4 is 11.1 Å². The first-order valence-corrected chi connectivity index (χ1v) is 7.02. The van der Waals surface area contributed by atoms with Crippen LogP contribution >= 0.6 is 0 Å². The third kappa shape index (κ3) is 4.03. The minimum Gasteiger partial charge on any atom is -0.371 e. The maximum atomic E-state index is 12.1. The summed E-state index contributed by atoms with van der Waals surface area (Å²) < 4.78 is 5.69. The van der Waals surface area contributed by atoms with Gasteiger partial charge in [0.1, 0.15) is 0 Å². The summed E-state index contributed by atoms with van der Waals surface area (Å²) in [6.07, 6.45) is 0.133. The topological polar surface area (TPSA) is 67.6 Å². The molecule has 0 saturated carbocycles. The summed E-state index contributed by atoms with van der Waals surface area (Å²) in [5.74, 6) is 0.00386. The third-order valence-corrected chi connectivity index (χ3v) is 3.45. The molecule has 5 heteroatoms. The first kappa shape index (κ1) is 15.0. The molecule has 0 spiro atoms. The van der Waals surface area contributed by atoms with Crippen molar-refractivity contribution in [2.24, 2.45) is 5.73 Å². The van der Waals surface area contributed by atoms with E-state index in [2.05, 4.69) is 10.2 Å². The first-order valence-electron chi connectivity index (χ1n) is 7.02. The Labute approximate surface area is 120 Å². The molecule has 1 aromatic rings. The molecule has 1 heterocycles. The van der Waals surface area contributed by atoms with Crippen molar-refractivity contribution in [1.29, 1.82) is 0 Å². The number of carbonyl (C=O) groups is 1. The summed E-state index contributed by atoms with van der Waals surface area (Å²) in [5, 5.41) is 2.95. The summed E-state index contributed by atoms with van der Waals surface area (Å²) in [6, 6.07) is 7.78.